The third kappa shape index (κ3) is 4.89. The van der Waals surface area contributed by atoms with Crippen LogP contribution in [0.25, 0.3) is 17.2 Å². The molecule has 3 aromatic carbocycles. The maximum Gasteiger partial charge on any atom is 0.293 e. The molecule has 0 spiro atoms. The van der Waals surface area contributed by atoms with Crippen molar-refractivity contribution in [2.45, 2.75) is 24.9 Å². The van der Waals surface area contributed by atoms with Crippen LogP contribution in [0.2, 0.25) is 10.0 Å². The van der Waals surface area contributed by atoms with Crippen LogP contribution in [0, 0.1) is 0 Å². The van der Waals surface area contributed by atoms with Gasteiger partial charge in [0.15, 0.2) is 5.82 Å². The fourth-order valence-electron chi connectivity index (χ4n) is 4.61. The molecule has 0 radical (unpaired) electrons. The third-order valence-corrected chi connectivity index (χ3v) is 7.65. The number of halogens is 2. The van der Waals surface area contributed by atoms with Gasteiger partial charge in [0.05, 0.1) is 5.56 Å². The minimum absolute atomic E-state index is 0.0897. The van der Waals surface area contributed by atoms with Crippen molar-refractivity contribution < 1.29 is 9.53 Å². The van der Waals surface area contributed by atoms with E-state index in [2.05, 4.69) is 20.4 Å². The first kappa shape index (κ1) is 25.2. The van der Waals surface area contributed by atoms with Crippen LogP contribution in [0.1, 0.15) is 34.5 Å². The summed E-state index contributed by atoms with van der Waals surface area (Å²) in [6, 6.07) is 24.0. The Hall–Kier alpha value is -4.14. The molecule has 2 N–H and O–H groups in total. The quantitative estimate of drug-likeness (QED) is 0.264. The number of aromatic nitrogens is 4. The number of fused-ring (bicyclic) bond motifs is 1. The van der Waals surface area contributed by atoms with Crippen LogP contribution < -0.4 is 15.6 Å². The Morgan fingerprint density at radius 2 is 1.69 bits per heavy atom. The van der Waals surface area contributed by atoms with Gasteiger partial charge >= 0.3 is 0 Å². The molecule has 0 atom stereocenters. The molecule has 10 heteroatoms. The van der Waals surface area contributed by atoms with Crippen molar-refractivity contribution in [1.82, 2.24) is 24.9 Å². The molecule has 2 heterocycles. The molecule has 1 fully saturated rings. The zero-order chi connectivity index (χ0) is 27.0. The Balaban J connectivity index is 1.20. The van der Waals surface area contributed by atoms with E-state index in [1.54, 1.807) is 24.3 Å². The van der Waals surface area contributed by atoms with E-state index in [9.17, 15) is 9.59 Å². The molecule has 0 saturated heterocycles. The van der Waals surface area contributed by atoms with E-state index in [0.29, 0.717) is 28.7 Å². The van der Waals surface area contributed by atoms with E-state index in [0.717, 1.165) is 24.0 Å². The smallest absolute Gasteiger partial charge is 0.293 e. The Labute approximate surface area is 233 Å². The van der Waals surface area contributed by atoms with E-state index in [1.165, 1.54) is 4.52 Å². The lowest BCUT2D eigenvalue weighted by Gasteiger charge is -2.19. The molecule has 1 aliphatic carbocycles. The summed E-state index contributed by atoms with van der Waals surface area (Å²) in [5, 5.41) is 6.60. The average molecular weight is 560 g/mol. The molecule has 196 valence electrons. The number of amides is 1. The van der Waals surface area contributed by atoms with Gasteiger partial charge in [0, 0.05) is 22.5 Å². The standard InChI is InChI=1S/C29H23Cl2N5O3/c30-21-12-6-5-11-20(21)29(14-15-29)17-32-26(37)19-10-4-7-13-23(19)39-16-22-24(31)27(38)36-28(33-22)34-25(35-36)18-8-2-1-3-9-18/h1-13H,14-17H2,(H,32,37)(H,33,34,35). The average Bonchev–Trinajstić information content (AvgIpc) is 3.63. The molecule has 1 aliphatic rings. The molecule has 6 rings (SSSR count). The van der Waals surface area contributed by atoms with Crippen LogP contribution in [0.3, 0.4) is 0 Å². The number of ether oxygens (including phenoxy) is 1. The molecule has 39 heavy (non-hydrogen) atoms. The number of hydrogen-bond donors (Lipinski definition) is 2. The Morgan fingerprint density at radius 1 is 0.974 bits per heavy atom. The molecular formula is C29H23Cl2N5O3. The molecule has 5 aromatic rings. The predicted octanol–water partition coefficient (Wildman–Crippen LogP) is 5.43. The van der Waals surface area contributed by atoms with Crippen molar-refractivity contribution in [2.75, 3.05) is 6.54 Å². The molecule has 0 unspecified atom stereocenters. The highest BCUT2D eigenvalue weighted by atomic mass is 35.5. The summed E-state index contributed by atoms with van der Waals surface area (Å²) in [4.78, 5) is 34.9. The molecule has 0 bridgehead atoms. The summed E-state index contributed by atoms with van der Waals surface area (Å²) in [6.45, 7) is 0.347. The van der Waals surface area contributed by atoms with Gasteiger partial charge in [0.1, 0.15) is 23.1 Å². The highest BCUT2D eigenvalue weighted by Gasteiger charge is 2.45. The number of para-hydroxylation sites is 1. The Kier molecular flexibility index (Phi) is 6.58. The number of rotatable bonds is 8. The molecular weight excluding hydrogens is 537 g/mol. The Bertz CT molecular complexity index is 1750. The van der Waals surface area contributed by atoms with Gasteiger partial charge in [-0.15, -0.1) is 0 Å². The minimum atomic E-state index is -0.490. The number of carbonyl (C=O) groups excluding carboxylic acids is 1. The van der Waals surface area contributed by atoms with E-state index in [4.69, 9.17) is 27.9 Å². The summed E-state index contributed by atoms with van der Waals surface area (Å²) >= 11 is 12.8. The Morgan fingerprint density at radius 3 is 2.46 bits per heavy atom. The van der Waals surface area contributed by atoms with Crippen molar-refractivity contribution >= 4 is 34.9 Å². The molecule has 2 aromatic heterocycles. The van der Waals surface area contributed by atoms with Crippen LogP contribution in [-0.2, 0) is 12.0 Å². The van der Waals surface area contributed by atoms with E-state index >= 15 is 0 Å². The first-order chi connectivity index (χ1) is 18.9. The number of hydrogen-bond acceptors (Lipinski definition) is 5. The van der Waals surface area contributed by atoms with Gasteiger partial charge < -0.3 is 10.1 Å². The van der Waals surface area contributed by atoms with Crippen LogP contribution in [-0.4, -0.2) is 32.0 Å². The molecule has 1 amide bonds. The normalized spacial score (nSPS) is 13.8. The lowest BCUT2D eigenvalue weighted by molar-refractivity contribution is 0.0945. The summed E-state index contributed by atoms with van der Waals surface area (Å²) in [6.07, 6.45) is 1.91. The SMILES string of the molecule is O=C(NCC1(c2ccccc2Cl)CC1)c1ccccc1OCc1nc2nc(-c3ccccc3)[nH]n2c(=O)c1Cl. The van der Waals surface area contributed by atoms with Gasteiger partial charge in [-0.25, -0.2) is 4.98 Å². The summed E-state index contributed by atoms with van der Waals surface area (Å²) in [5.41, 5.74) is 1.80. The van der Waals surface area contributed by atoms with Gasteiger partial charge in [0.2, 0.25) is 0 Å². The number of benzene rings is 3. The molecule has 8 nitrogen and oxygen atoms in total. The first-order valence-corrected chi connectivity index (χ1v) is 13.2. The van der Waals surface area contributed by atoms with Crippen LogP contribution in [0.4, 0.5) is 0 Å². The summed E-state index contributed by atoms with van der Waals surface area (Å²) in [7, 11) is 0. The van der Waals surface area contributed by atoms with Gasteiger partial charge in [-0.2, -0.15) is 9.50 Å². The van der Waals surface area contributed by atoms with Crippen molar-refractivity contribution in [2.24, 2.45) is 0 Å². The highest BCUT2D eigenvalue weighted by Crippen LogP contribution is 2.49. The van der Waals surface area contributed by atoms with Crippen molar-refractivity contribution in [3.8, 4) is 17.1 Å². The fourth-order valence-corrected chi connectivity index (χ4v) is 5.13. The lowest BCUT2D eigenvalue weighted by Crippen LogP contribution is -2.32. The van der Waals surface area contributed by atoms with E-state index < -0.39 is 5.56 Å². The number of H-pyrrole nitrogens is 1. The maximum absolute atomic E-state index is 13.2. The van der Waals surface area contributed by atoms with E-state index in [-0.39, 0.29) is 34.4 Å². The minimum Gasteiger partial charge on any atom is -0.486 e. The first-order valence-electron chi connectivity index (χ1n) is 12.4. The van der Waals surface area contributed by atoms with Crippen molar-refractivity contribution in [3.05, 3.63) is 116 Å². The second-order valence-corrected chi connectivity index (χ2v) is 10.3. The summed E-state index contributed by atoms with van der Waals surface area (Å²) < 4.78 is 7.15. The maximum atomic E-state index is 13.2. The van der Waals surface area contributed by atoms with Gasteiger partial charge in [-0.05, 0) is 36.6 Å². The number of nitrogens with one attached hydrogen (secondary N) is 2. The van der Waals surface area contributed by atoms with Gasteiger partial charge in [-0.1, -0.05) is 83.9 Å². The van der Waals surface area contributed by atoms with Gasteiger partial charge in [0.25, 0.3) is 17.2 Å². The zero-order valence-electron chi connectivity index (χ0n) is 20.7. The second-order valence-electron chi connectivity index (χ2n) is 9.48. The monoisotopic (exact) mass is 559 g/mol. The topological polar surface area (TPSA) is 101 Å². The second kappa shape index (κ2) is 10.2. The van der Waals surface area contributed by atoms with Crippen LogP contribution in [0.5, 0.6) is 5.75 Å². The van der Waals surface area contributed by atoms with Crippen LogP contribution >= 0.6 is 23.2 Å². The number of carbonyl (C=O) groups is 1. The highest BCUT2D eigenvalue weighted by molar-refractivity contribution is 6.31. The van der Waals surface area contributed by atoms with Crippen molar-refractivity contribution in [3.63, 3.8) is 0 Å². The molecule has 0 aliphatic heterocycles. The molecule has 1 saturated carbocycles. The number of nitrogens with zero attached hydrogens (tertiary/aromatic N) is 3. The number of aromatic amines is 1. The van der Waals surface area contributed by atoms with Gasteiger partial charge in [-0.3, -0.25) is 14.7 Å². The lowest BCUT2D eigenvalue weighted by atomic mass is 9.95. The fraction of sp³-hybridized carbons (Fsp3) is 0.172. The predicted molar refractivity (Wildman–Crippen MR) is 150 cm³/mol. The van der Waals surface area contributed by atoms with E-state index in [1.807, 2.05) is 54.6 Å². The summed E-state index contributed by atoms with van der Waals surface area (Å²) in [5.74, 6) is 0.740. The van der Waals surface area contributed by atoms with Crippen molar-refractivity contribution in [1.29, 1.82) is 0 Å². The zero-order valence-corrected chi connectivity index (χ0v) is 22.2. The van der Waals surface area contributed by atoms with Crippen LogP contribution in [0.15, 0.2) is 83.7 Å². The third-order valence-electron chi connectivity index (χ3n) is 6.94. The largest absolute Gasteiger partial charge is 0.486 e.